The van der Waals surface area contributed by atoms with Gasteiger partial charge in [0.1, 0.15) is 0 Å². The van der Waals surface area contributed by atoms with E-state index in [1.54, 1.807) is 0 Å². The average molecular weight is 190 g/mol. The van der Waals surface area contributed by atoms with Crippen LogP contribution in [0.5, 0.6) is 0 Å². The second kappa shape index (κ2) is 3.23. The van der Waals surface area contributed by atoms with Crippen LogP contribution in [0.15, 0.2) is 24.8 Å². The Balaban J connectivity index is 1.76. The molecule has 0 aromatic carbocycles. The summed E-state index contributed by atoms with van der Waals surface area (Å²) in [6.45, 7) is 4.46. The number of hydrogen-bond donors (Lipinski definition) is 0. The van der Waals surface area contributed by atoms with E-state index in [0.29, 0.717) is 6.10 Å². The third kappa shape index (κ3) is 1.05. The van der Waals surface area contributed by atoms with Crippen molar-refractivity contribution in [1.29, 1.82) is 0 Å². The molecule has 1 nitrogen and oxygen atoms in total. The van der Waals surface area contributed by atoms with Crippen LogP contribution in [0.4, 0.5) is 0 Å². The van der Waals surface area contributed by atoms with Crippen molar-refractivity contribution in [3.05, 3.63) is 24.8 Å². The number of fused-ring (bicyclic) bond motifs is 5. The van der Waals surface area contributed by atoms with Gasteiger partial charge in [0.2, 0.25) is 0 Å². The molecule has 14 heavy (non-hydrogen) atoms. The molecule has 0 aromatic heterocycles. The molecule has 2 bridgehead atoms. The second-order valence-corrected chi connectivity index (χ2v) is 4.90. The third-order valence-corrected chi connectivity index (χ3v) is 4.39. The van der Waals surface area contributed by atoms with Gasteiger partial charge in [0.25, 0.3) is 0 Å². The maximum Gasteiger partial charge on any atom is 0.0648 e. The highest BCUT2D eigenvalue weighted by Gasteiger charge is 2.54. The number of rotatable bonds is 3. The van der Waals surface area contributed by atoms with E-state index in [1.165, 1.54) is 19.3 Å². The molecule has 0 amide bonds. The molecule has 2 fully saturated rings. The van der Waals surface area contributed by atoms with E-state index < -0.39 is 0 Å². The molecular formula is C13H18O. The first-order valence-corrected chi connectivity index (χ1v) is 5.81. The van der Waals surface area contributed by atoms with Crippen molar-refractivity contribution in [2.45, 2.75) is 25.4 Å². The van der Waals surface area contributed by atoms with E-state index in [2.05, 4.69) is 18.7 Å². The zero-order valence-electron chi connectivity index (χ0n) is 8.56. The summed E-state index contributed by atoms with van der Waals surface area (Å²) >= 11 is 0. The lowest BCUT2D eigenvalue weighted by Gasteiger charge is -2.22. The van der Waals surface area contributed by atoms with E-state index >= 15 is 0 Å². The van der Waals surface area contributed by atoms with Crippen molar-refractivity contribution in [2.75, 3.05) is 6.61 Å². The first-order valence-electron chi connectivity index (χ1n) is 5.81. The minimum atomic E-state index is 0.549. The summed E-state index contributed by atoms with van der Waals surface area (Å²) in [5.74, 6) is 3.44. The van der Waals surface area contributed by atoms with Crippen LogP contribution in [0.3, 0.4) is 0 Å². The molecule has 0 heterocycles. The Morgan fingerprint density at radius 3 is 2.93 bits per heavy atom. The van der Waals surface area contributed by atoms with Gasteiger partial charge in [-0.15, -0.1) is 6.58 Å². The van der Waals surface area contributed by atoms with Crippen LogP contribution in [0.1, 0.15) is 19.3 Å². The maximum absolute atomic E-state index is 5.92. The van der Waals surface area contributed by atoms with Gasteiger partial charge in [-0.1, -0.05) is 18.2 Å². The largest absolute Gasteiger partial charge is 0.374 e. The molecule has 0 aliphatic heterocycles. The number of allylic oxidation sites excluding steroid dienone is 2. The van der Waals surface area contributed by atoms with E-state index in [9.17, 15) is 0 Å². The van der Waals surface area contributed by atoms with E-state index in [-0.39, 0.29) is 0 Å². The molecule has 3 aliphatic carbocycles. The molecular weight excluding hydrogens is 172 g/mol. The Kier molecular flexibility index (Phi) is 2.01. The van der Waals surface area contributed by atoms with Crippen molar-refractivity contribution in [3.8, 4) is 0 Å². The Morgan fingerprint density at radius 1 is 1.29 bits per heavy atom. The molecule has 5 unspecified atom stereocenters. The van der Waals surface area contributed by atoms with Gasteiger partial charge in [0.15, 0.2) is 0 Å². The molecule has 2 saturated carbocycles. The highest BCUT2D eigenvalue weighted by atomic mass is 16.5. The van der Waals surface area contributed by atoms with Gasteiger partial charge in [-0.2, -0.15) is 0 Å². The van der Waals surface area contributed by atoms with E-state index in [4.69, 9.17) is 4.74 Å². The van der Waals surface area contributed by atoms with Crippen LogP contribution in [0.25, 0.3) is 0 Å². The van der Waals surface area contributed by atoms with Gasteiger partial charge >= 0.3 is 0 Å². The second-order valence-electron chi connectivity index (χ2n) is 4.90. The molecule has 5 atom stereocenters. The molecule has 1 heteroatoms. The summed E-state index contributed by atoms with van der Waals surface area (Å²) in [7, 11) is 0. The van der Waals surface area contributed by atoms with Gasteiger partial charge in [-0.3, -0.25) is 0 Å². The third-order valence-electron chi connectivity index (χ3n) is 4.39. The lowest BCUT2D eigenvalue weighted by Crippen LogP contribution is -2.20. The standard InChI is InChI=1S/C13H18O/c1-2-8-14-13-11-6-7-12(13)10-5-3-4-9(10)11/h2-4,9-13H,1,5-8H2. The summed E-state index contributed by atoms with van der Waals surface area (Å²) in [5.41, 5.74) is 0. The fraction of sp³-hybridized carbons (Fsp3) is 0.692. The lowest BCUT2D eigenvalue weighted by molar-refractivity contribution is 0.0353. The summed E-state index contributed by atoms with van der Waals surface area (Å²) in [5, 5.41) is 0. The van der Waals surface area contributed by atoms with Crippen molar-refractivity contribution in [3.63, 3.8) is 0 Å². The number of ether oxygens (including phenoxy) is 1. The van der Waals surface area contributed by atoms with Crippen molar-refractivity contribution < 1.29 is 4.74 Å². The maximum atomic E-state index is 5.92. The molecule has 0 spiro atoms. The normalized spacial score (nSPS) is 48.4. The highest BCUT2D eigenvalue weighted by Crippen LogP contribution is 2.57. The number of hydrogen-bond acceptors (Lipinski definition) is 1. The first kappa shape index (κ1) is 8.72. The van der Waals surface area contributed by atoms with Crippen LogP contribution < -0.4 is 0 Å². The van der Waals surface area contributed by atoms with Crippen molar-refractivity contribution in [2.24, 2.45) is 23.7 Å². The topological polar surface area (TPSA) is 9.23 Å². The van der Waals surface area contributed by atoms with Crippen LogP contribution in [-0.4, -0.2) is 12.7 Å². The molecule has 0 radical (unpaired) electrons. The van der Waals surface area contributed by atoms with E-state index in [1.807, 2.05) is 6.08 Å². The Morgan fingerprint density at radius 2 is 2.14 bits per heavy atom. The zero-order chi connectivity index (χ0) is 9.54. The van der Waals surface area contributed by atoms with Gasteiger partial charge in [-0.05, 0) is 42.9 Å². The van der Waals surface area contributed by atoms with Gasteiger partial charge in [0, 0.05) is 0 Å². The quantitative estimate of drug-likeness (QED) is 0.622. The van der Waals surface area contributed by atoms with E-state index in [0.717, 1.165) is 30.3 Å². The smallest absolute Gasteiger partial charge is 0.0648 e. The first-order chi connectivity index (χ1) is 6.92. The molecule has 0 saturated heterocycles. The minimum absolute atomic E-state index is 0.549. The SMILES string of the molecule is C=CCOC1C2CCC1C1CC=CC12. The van der Waals surface area contributed by atoms with Crippen LogP contribution >= 0.6 is 0 Å². The van der Waals surface area contributed by atoms with Gasteiger partial charge in [-0.25, -0.2) is 0 Å². The Labute approximate surface area is 85.8 Å². The molecule has 76 valence electrons. The minimum Gasteiger partial charge on any atom is -0.374 e. The Hall–Kier alpha value is -0.560. The molecule has 3 aliphatic rings. The predicted molar refractivity (Wildman–Crippen MR) is 56.9 cm³/mol. The summed E-state index contributed by atoms with van der Waals surface area (Å²) in [6, 6.07) is 0. The molecule has 0 N–H and O–H groups in total. The Bertz CT molecular complexity index is 268. The predicted octanol–water partition coefficient (Wildman–Crippen LogP) is 2.79. The van der Waals surface area contributed by atoms with Crippen LogP contribution in [-0.2, 0) is 4.74 Å². The summed E-state index contributed by atoms with van der Waals surface area (Å²) in [6.07, 6.45) is 11.3. The lowest BCUT2D eigenvalue weighted by atomic mass is 9.82. The fourth-order valence-electron chi connectivity index (χ4n) is 3.94. The van der Waals surface area contributed by atoms with Crippen LogP contribution in [0.2, 0.25) is 0 Å². The average Bonchev–Trinajstić information content (AvgIpc) is 2.86. The van der Waals surface area contributed by atoms with Crippen molar-refractivity contribution >= 4 is 0 Å². The molecule has 3 rings (SSSR count). The van der Waals surface area contributed by atoms with Crippen molar-refractivity contribution in [1.82, 2.24) is 0 Å². The monoisotopic (exact) mass is 190 g/mol. The fourth-order valence-corrected chi connectivity index (χ4v) is 3.94. The molecule has 0 aromatic rings. The summed E-state index contributed by atoms with van der Waals surface area (Å²) < 4.78 is 5.92. The van der Waals surface area contributed by atoms with Gasteiger partial charge in [0.05, 0.1) is 12.7 Å². The van der Waals surface area contributed by atoms with Gasteiger partial charge < -0.3 is 4.74 Å². The summed E-state index contributed by atoms with van der Waals surface area (Å²) in [4.78, 5) is 0. The van der Waals surface area contributed by atoms with Crippen LogP contribution in [0, 0.1) is 23.7 Å². The highest BCUT2D eigenvalue weighted by molar-refractivity contribution is 5.15. The zero-order valence-corrected chi connectivity index (χ0v) is 8.56.